The van der Waals surface area contributed by atoms with Gasteiger partial charge in [-0.3, -0.25) is 4.68 Å². The van der Waals surface area contributed by atoms with Crippen molar-refractivity contribution in [2.75, 3.05) is 11.5 Å². The summed E-state index contributed by atoms with van der Waals surface area (Å²) in [7, 11) is -3.31. The number of hydrogen-bond donors (Lipinski definition) is 0. The van der Waals surface area contributed by atoms with Gasteiger partial charge in [0, 0.05) is 5.75 Å². The molecule has 0 bridgehead atoms. The summed E-state index contributed by atoms with van der Waals surface area (Å²) in [5.74, 6) is -0.461. The molecule has 0 fully saturated rings. The minimum Gasteiger partial charge on any atom is -0.258 e. The van der Waals surface area contributed by atoms with Crippen LogP contribution in [0.25, 0.3) is 0 Å². The number of halogens is 4. The third-order valence-corrected chi connectivity index (χ3v) is 4.38. The highest BCUT2D eigenvalue weighted by Gasteiger charge is 2.37. The second kappa shape index (κ2) is 4.97. The van der Waals surface area contributed by atoms with Crippen LogP contribution in [-0.2, 0) is 22.6 Å². The van der Waals surface area contributed by atoms with Gasteiger partial charge in [-0.1, -0.05) is 6.92 Å². The van der Waals surface area contributed by atoms with Crippen molar-refractivity contribution >= 4 is 25.8 Å². The summed E-state index contributed by atoms with van der Waals surface area (Å²) in [6.07, 6.45) is -3.56. The lowest BCUT2D eigenvalue weighted by Crippen LogP contribution is -2.20. The van der Waals surface area contributed by atoms with Crippen LogP contribution in [0.4, 0.5) is 13.2 Å². The Kier molecular flexibility index (Phi) is 4.23. The molecule has 0 unspecified atom stereocenters. The molecule has 0 atom stereocenters. The number of aromatic nitrogens is 2. The summed E-state index contributed by atoms with van der Waals surface area (Å²) in [4.78, 5) is 0. The summed E-state index contributed by atoms with van der Waals surface area (Å²) >= 11 is 2.74. The molecule has 17 heavy (non-hydrogen) atoms. The standard InChI is InChI=1S/C8H10BrF3N2O2S/c1-2-17(15,16)4-3-14-7(8(10,11)12)6(9)5-13-14/h5H,2-4H2,1H3. The molecule has 0 spiro atoms. The Labute approximate surface area is 105 Å². The molecule has 4 nitrogen and oxygen atoms in total. The van der Waals surface area contributed by atoms with Crippen LogP contribution in [0.2, 0.25) is 0 Å². The van der Waals surface area contributed by atoms with Gasteiger partial charge in [0.05, 0.1) is 23.0 Å². The van der Waals surface area contributed by atoms with Gasteiger partial charge in [0.25, 0.3) is 0 Å². The van der Waals surface area contributed by atoms with Gasteiger partial charge < -0.3 is 0 Å². The average molecular weight is 335 g/mol. The van der Waals surface area contributed by atoms with Crippen molar-refractivity contribution in [1.29, 1.82) is 0 Å². The maximum Gasteiger partial charge on any atom is 0.434 e. The quantitative estimate of drug-likeness (QED) is 0.847. The summed E-state index contributed by atoms with van der Waals surface area (Å²) < 4.78 is 60.7. The van der Waals surface area contributed by atoms with E-state index in [0.29, 0.717) is 4.68 Å². The van der Waals surface area contributed by atoms with Crippen molar-refractivity contribution in [3.05, 3.63) is 16.4 Å². The number of rotatable bonds is 4. The second-order valence-corrected chi connectivity index (χ2v) is 6.63. The van der Waals surface area contributed by atoms with E-state index >= 15 is 0 Å². The topological polar surface area (TPSA) is 52.0 Å². The van der Waals surface area contributed by atoms with Crippen LogP contribution >= 0.6 is 15.9 Å². The van der Waals surface area contributed by atoms with E-state index in [4.69, 9.17) is 0 Å². The van der Waals surface area contributed by atoms with Crippen LogP contribution in [0.3, 0.4) is 0 Å². The number of alkyl halides is 3. The molecule has 1 aromatic heterocycles. The van der Waals surface area contributed by atoms with E-state index in [2.05, 4.69) is 21.0 Å². The van der Waals surface area contributed by atoms with E-state index in [1.54, 1.807) is 0 Å². The van der Waals surface area contributed by atoms with Crippen molar-refractivity contribution in [3.63, 3.8) is 0 Å². The molecule has 1 heterocycles. The fourth-order valence-electron chi connectivity index (χ4n) is 1.18. The van der Waals surface area contributed by atoms with Gasteiger partial charge in [-0.05, 0) is 15.9 Å². The van der Waals surface area contributed by atoms with Gasteiger partial charge in [0.15, 0.2) is 15.5 Å². The fourth-order valence-corrected chi connectivity index (χ4v) is 2.44. The summed E-state index contributed by atoms with van der Waals surface area (Å²) in [6.45, 7) is 1.13. The van der Waals surface area contributed by atoms with E-state index < -0.39 is 21.7 Å². The van der Waals surface area contributed by atoms with Crippen LogP contribution in [0.15, 0.2) is 10.7 Å². The maximum absolute atomic E-state index is 12.6. The molecule has 0 saturated carbocycles. The van der Waals surface area contributed by atoms with E-state index in [1.165, 1.54) is 6.92 Å². The van der Waals surface area contributed by atoms with Crippen molar-refractivity contribution in [2.24, 2.45) is 0 Å². The van der Waals surface area contributed by atoms with Crippen LogP contribution in [0.5, 0.6) is 0 Å². The molecule has 0 amide bonds. The van der Waals surface area contributed by atoms with Gasteiger partial charge in [0.1, 0.15) is 0 Å². The number of aryl methyl sites for hydroxylation is 1. The molecule has 1 rings (SSSR count). The first kappa shape index (κ1) is 14.5. The highest BCUT2D eigenvalue weighted by Crippen LogP contribution is 2.34. The molecular formula is C8H10BrF3N2O2S. The molecule has 0 aliphatic carbocycles. The molecule has 1 aromatic rings. The lowest BCUT2D eigenvalue weighted by atomic mass is 10.4. The third kappa shape index (κ3) is 3.70. The Morgan fingerprint density at radius 1 is 1.47 bits per heavy atom. The largest absolute Gasteiger partial charge is 0.434 e. The predicted octanol–water partition coefficient (Wildman–Crippen LogP) is 2.10. The lowest BCUT2D eigenvalue weighted by Gasteiger charge is -2.10. The summed E-state index contributed by atoms with van der Waals surface area (Å²) in [6, 6.07) is 0. The normalized spacial score (nSPS) is 13.0. The van der Waals surface area contributed by atoms with Crippen molar-refractivity contribution in [1.82, 2.24) is 9.78 Å². The van der Waals surface area contributed by atoms with Gasteiger partial charge in [-0.15, -0.1) is 0 Å². The Balaban J connectivity index is 2.94. The average Bonchev–Trinajstić information content (AvgIpc) is 2.56. The maximum atomic E-state index is 12.6. The molecule has 0 aromatic carbocycles. The van der Waals surface area contributed by atoms with Crippen LogP contribution in [0, 0.1) is 0 Å². The number of hydrogen-bond acceptors (Lipinski definition) is 3. The van der Waals surface area contributed by atoms with Gasteiger partial charge in [0.2, 0.25) is 0 Å². The molecule has 0 N–H and O–H groups in total. The minimum atomic E-state index is -4.56. The van der Waals surface area contributed by atoms with E-state index in [-0.39, 0.29) is 22.5 Å². The monoisotopic (exact) mass is 334 g/mol. The van der Waals surface area contributed by atoms with Crippen LogP contribution in [-0.4, -0.2) is 29.7 Å². The van der Waals surface area contributed by atoms with Gasteiger partial charge >= 0.3 is 6.18 Å². The molecule has 0 aliphatic rings. The first-order valence-electron chi connectivity index (χ1n) is 4.66. The molecule has 9 heteroatoms. The Bertz CT molecular complexity index is 495. The van der Waals surface area contributed by atoms with Crippen molar-refractivity contribution < 1.29 is 21.6 Å². The lowest BCUT2D eigenvalue weighted by molar-refractivity contribution is -0.144. The fraction of sp³-hybridized carbons (Fsp3) is 0.625. The van der Waals surface area contributed by atoms with Gasteiger partial charge in [-0.2, -0.15) is 18.3 Å². The first-order chi connectivity index (χ1) is 7.67. The zero-order chi connectivity index (χ0) is 13.3. The molecule has 0 radical (unpaired) electrons. The Morgan fingerprint density at radius 3 is 2.53 bits per heavy atom. The van der Waals surface area contributed by atoms with Gasteiger partial charge in [-0.25, -0.2) is 8.42 Å². The summed E-state index contributed by atoms with van der Waals surface area (Å²) in [5.41, 5.74) is -0.969. The van der Waals surface area contributed by atoms with Crippen molar-refractivity contribution in [3.8, 4) is 0 Å². The first-order valence-corrected chi connectivity index (χ1v) is 7.27. The number of nitrogens with zero attached hydrogens (tertiary/aromatic N) is 2. The molecular weight excluding hydrogens is 325 g/mol. The molecule has 0 aliphatic heterocycles. The van der Waals surface area contributed by atoms with Crippen molar-refractivity contribution in [2.45, 2.75) is 19.6 Å². The zero-order valence-electron chi connectivity index (χ0n) is 8.83. The second-order valence-electron chi connectivity index (χ2n) is 3.30. The molecule has 98 valence electrons. The van der Waals surface area contributed by atoms with Crippen LogP contribution in [0.1, 0.15) is 12.6 Å². The van der Waals surface area contributed by atoms with Crippen LogP contribution < -0.4 is 0 Å². The SMILES string of the molecule is CCS(=O)(=O)CCn1ncc(Br)c1C(F)(F)F. The highest BCUT2D eigenvalue weighted by molar-refractivity contribution is 9.10. The van der Waals surface area contributed by atoms with E-state index in [9.17, 15) is 21.6 Å². The highest BCUT2D eigenvalue weighted by atomic mass is 79.9. The number of sulfone groups is 1. The van der Waals surface area contributed by atoms with E-state index in [0.717, 1.165) is 6.20 Å². The minimum absolute atomic E-state index is 0.100. The molecule has 0 saturated heterocycles. The Hall–Kier alpha value is -0.570. The Morgan fingerprint density at radius 2 is 2.06 bits per heavy atom. The van der Waals surface area contributed by atoms with E-state index in [1.807, 2.05) is 0 Å². The summed E-state index contributed by atoms with van der Waals surface area (Å²) in [5, 5.41) is 3.50. The predicted molar refractivity (Wildman–Crippen MR) is 59.3 cm³/mol. The zero-order valence-corrected chi connectivity index (χ0v) is 11.2. The smallest absolute Gasteiger partial charge is 0.258 e. The third-order valence-electron chi connectivity index (χ3n) is 2.12.